The van der Waals surface area contributed by atoms with Gasteiger partial charge >= 0.3 is 0 Å². The lowest BCUT2D eigenvalue weighted by molar-refractivity contribution is 0.546. The number of rotatable bonds is 4. The van der Waals surface area contributed by atoms with E-state index in [-0.39, 0.29) is 0 Å². The molecule has 1 atom stereocenters. The molecular formula is C17H20BrN. The molecule has 0 aromatic heterocycles. The van der Waals surface area contributed by atoms with Crippen LogP contribution in [0.4, 0.5) is 5.69 Å². The van der Waals surface area contributed by atoms with E-state index in [4.69, 9.17) is 0 Å². The number of nitrogens with one attached hydrogen (secondary N) is 1. The first-order valence-corrected chi connectivity index (χ1v) is 7.45. The molecule has 2 rings (SSSR count). The summed E-state index contributed by atoms with van der Waals surface area (Å²) >= 11 is 3.67. The smallest absolute Gasteiger partial charge is 0.0537 e. The summed E-state index contributed by atoms with van der Waals surface area (Å²) < 4.78 is 1.15. The van der Waals surface area contributed by atoms with Crippen molar-refractivity contribution in [3.05, 3.63) is 64.1 Å². The second kappa shape index (κ2) is 6.25. The van der Waals surface area contributed by atoms with Crippen molar-refractivity contribution in [1.82, 2.24) is 0 Å². The first kappa shape index (κ1) is 14.1. The molecule has 0 heterocycles. The van der Waals surface area contributed by atoms with E-state index in [1.807, 2.05) is 0 Å². The molecule has 0 amide bonds. The monoisotopic (exact) mass is 317 g/mol. The number of anilines is 1. The standard InChI is InChI=1S/C17H20BrN/c1-12(2)17(14-9-5-4-6-10-14)19-15-11-7-8-13(3)16(15)18/h4-12,17,19H,1-3H3. The van der Waals surface area contributed by atoms with Crippen LogP contribution in [0.1, 0.15) is 31.0 Å². The Morgan fingerprint density at radius 3 is 2.26 bits per heavy atom. The zero-order valence-corrected chi connectivity index (χ0v) is 13.2. The Kier molecular flexibility index (Phi) is 4.65. The Hall–Kier alpha value is -1.28. The Labute approximate surface area is 124 Å². The molecule has 0 spiro atoms. The maximum Gasteiger partial charge on any atom is 0.0537 e. The molecule has 0 saturated carbocycles. The molecule has 0 aliphatic carbocycles. The lowest BCUT2D eigenvalue weighted by Gasteiger charge is -2.25. The second-order valence-corrected chi connectivity index (χ2v) is 6.01. The third-order valence-electron chi connectivity index (χ3n) is 3.33. The van der Waals surface area contributed by atoms with Gasteiger partial charge in [-0.25, -0.2) is 0 Å². The molecule has 0 saturated heterocycles. The molecule has 0 radical (unpaired) electrons. The fraction of sp³-hybridized carbons (Fsp3) is 0.294. The molecule has 2 aromatic rings. The van der Waals surface area contributed by atoms with Crippen LogP contribution in [0.5, 0.6) is 0 Å². The maximum absolute atomic E-state index is 3.67. The Morgan fingerprint density at radius 1 is 0.947 bits per heavy atom. The first-order chi connectivity index (χ1) is 9.09. The largest absolute Gasteiger partial charge is 0.377 e. The molecular weight excluding hydrogens is 298 g/mol. The molecule has 1 nitrogen and oxygen atoms in total. The summed E-state index contributed by atoms with van der Waals surface area (Å²) in [7, 11) is 0. The van der Waals surface area contributed by atoms with E-state index in [1.54, 1.807) is 0 Å². The lowest BCUT2D eigenvalue weighted by atomic mass is 9.95. The van der Waals surface area contributed by atoms with Crippen molar-refractivity contribution < 1.29 is 0 Å². The van der Waals surface area contributed by atoms with Gasteiger partial charge in [-0.3, -0.25) is 0 Å². The fourth-order valence-electron chi connectivity index (χ4n) is 2.22. The predicted molar refractivity (Wildman–Crippen MR) is 86.5 cm³/mol. The van der Waals surface area contributed by atoms with E-state index in [0.29, 0.717) is 12.0 Å². The van der Waals surface area contributed by atoms with Gasteiger partial charge in [0.25, 0.3) is 0 Å². The molecule has 2 heteroatoms. The van der Waals surface area contributed by atoms with Gasteiger partial charge < -0.3 is 5.32 Å². The van der Waals surface area contributed by atoms with Crippen molar-refractivity contribution in [2.75, 3.05) is 5.32 Å². The van der Waals surface area contributed by atoms with Gasteiger partial charge in [0.2, 0.25) is 0 Å². The quantitative estimate of drug-likeness (QED) is 0.777. The van der Waals surface area contributed by atoms with Gasteiger partial charge in [0, 0.05) is 10.2 Å². The van der Waals surface area contributed by atoms with Gasteiger partial charge in [-0.05, 0) is 46.0 Å². The molecule has 0 aliphatic rings. The molecule has 2 aromatic carbocycles. The highest BCUT2D eigenvalue weighted by Gasteiger charge is 2.16. The molecule has 0 fully saturated rings. The molecule has 19 heavy (non-hydrogen) atoms. The van der Waals surface area contributed by atoms with Gasteiger partial charge in [0.05, 0.1) is 6.04 Å². The minimum absolute atomic E-state index is 0.319. The van der Waals surface area contributed by atoms with Crippen LogP contribution in [0, 0.1) is 12.8 Å². The fourth-order valence-corrected chi connectivity index (χ4v) is 2.60. The average molecular weight is 318 g/mol. The Morgan fingerprint density at radius 2 is 1.63 bits per heavy atom. The van der Waals surface area contributed by atoms with Crippen LogP contribution >= 0.6 is 15.9 Å². The molecule has 1 unspecified atom stereocenters. The lowest BCUT2D eigenvalue weighted by Crippen LogP contribution is -2.17. The predicted octanol–water partition coefficient (Wildman–Crippen LogP) is 5.57. The summed E-state index contributed by atoms with van der Waals surface area (Å²) in [6, 6.07) is 17.3. The number of hydrogen-bond donors (Lipinski definition) is 1. The highest BCUT2D eigenvalue weighted by atomic mass is 79.9. The molecule has 0 bridgehead atoms. The third-order valence-corrected chi connectivity index (χ3v) is 4.38. The van der Waals surface area contributed by atoms with E-state index in [2.05, 4.69) is 90.5 Å². The van der Waals surface area contributed by atoms with Crippen LogP contribution in [0.25, 0.3) is 0 Å². The summed E-state index contributed by atoms with van der Waals surface area (Å²) in [5.74, 6) is 0.523. The molecule has 100 valence electrons. The van der Waals surface area contributed by atoms with Crippen LogP contribution in [0.15, 0.2) is 53.0 Å². The van der Waals surface area contributed by atoms with Crippen molar-refractivity contribution in [2.24, 2.45) is 5.92 Å². The van der Waals surface area contributed by atoms with Gasteiger partial charge in [0.15, 0.2) is 0 Å². The second-order valence-electron chi connectivity index (χ2n) is 5.21. The number of halogens is 1. The highest BCUT2D eigenvalue weighted by Crippen LogP contribution is 2.32. The number of benzene rings is 2. The van der Waals surface area contributed by atoms with Crippen molar-refractivity contribution in [2.45, 2.75) is 26.8 Å². The third kappa shape index (κ3) is 3.38. The van der Waals surface area contributed by atoms with E-state index >= 15 is 0 Å². The van der Waals surface area contributed by atoms with Crippen LogP contribution < -0.4 is 5.32 Å². The van der Waals surface area contributed by atoms with Gasteiger partial charge in [-0.15, -0.1) is 0 Å². The van der Waals surface area contributed by atoms with Crippen LogP contribution in [0.2, 0.25) is 0 Å². The summed E-state index contributed by atoms with van der Waals surface area (Å²) in [6.45, 7) is 6.60. The van der Waals surface area contributed by atoms with E-state index in [1.165, 1.54) is 11.1 Å². The molecule has 0 aliphatic heterocycles. The van der Waals surface area contributed by atoms with Crippen LogP contribution in [0.3, 0.4) is 0 Å². The average Bonchev–Trinajstić information content (AvgIpc) is 2.41. The first-order valence-electron chi connectivity index (χ1n) is 6.66. The van der Waals surface area contributed by atoms with Crippen LogP contribution in [-0.4, -0.2) is 0 Å². The summed E-state index contributed by atoms with van der Waals surface area (Å²) in [4.78, 5) is 0. The summed E-state index contributed by atoms with van der Waals surface area (Å²) in [5.41, 5.74) is 3.73. The number of hydrogen-bond acceptors (Lipinski definition) is 1. The van der Waals surface area contributed by atoms with Gasteiger partial charge in [-0.2, -0.15) is 0 Å². The van der Waals surface area contributed by atoms with Crippen molar-refractivity contribution in [3.63, 3.8) is 0 Å². The summed E-state index contributed by atoms with van der Waals surface area (Å²) in [6.07, 6.45) is 0. The zero-order chi connectivity index (χ0) is 13.8. The van der Waals surface area contributed by atoms with Gasteiger partial charge in [-0.1, -0.05) is 56.3 Å². The zero-order valence-electron chi connectivity index (χ0n) is 11.7. The SMILES string of the molecule is Cc1cccc(NC(c2ccccc2)C(C)C)c1Br. The van der Waals surface area contributed by atoms with Crippen LogP contribution in [-0.2, 0) is 0 Å². The topological polar surface area (TPSA) is 12.0 Å². The van der Waals surface area contributed by atoms with E-state index in [9.17, 15) is 0 Å². The Bertz CT molecular complexity index is 534. The number of aryl methyl sites for hydroxylation is 1. The maximum atomic E-state index is 3.67. The Balaban J connectivity index is 2.30. The van der Waals surface area contributed by atoms with Crippen molar-refractivity contribution in [3.8, 4) is 0 Å². The van der Waals surface area contributed by atoms with E-state index in [0.717, 1.165) is 10.2 Å². The highest BCUT2D eigenvalue weighted by molar-refractivity contribution is 9.10. The van der Waals surface area contributed by atoms with E-state index < -0.39 is 0 Å². The van der Waals surface area contributed by atoms with Crippen molar-refractivity contribution in [1.29, 1.82) is 0 Å². The normalized spacial score (nSPS) is 12.5. The minimum atomic E-state index is 0.319. The minimum Gasteiger partial charge on any atom is -0.377 e. The summed E-state index contributed by atoms with van der Waals surface area (Å²) in [5, 5.41) is 3.66. The van der Waals surface area contributed by atoms with Crippen molar-refractivity contribution >= 4 is 21.6 Å². The van der Waals surface area contributed by atoms with Gasteiger partial charge in [0.1, 0.15) is 0 Å². The molecule has 1 N–H and O–H groups in total.